The molecule has 3 aromatic rings. The summed E-state index contributed by atoms with van der Waals surface area (Å²) in [4.78, 5) is 19.9. The molecular formula is C16H13F2N5O. The SMILES string of the molecule is Cc1ncc(F)c(C)c1NC(=O)/C(F)=C/c1ccc2cn[nH]c2n1. The molecule has 0 fully saturated rings. The van der Waals surface area contributed by atoms with E-state index in [1.807, 2.05) is 0 Å². The zero-order valence-corrected chi connectivity index (χ0v) is 12.9. The standard InChI is InChI=1S/C16H13F2N5O/c1-8-13(18)7-19-9(2)14(8)22-16(24)12(17)5-11-4-3-10-6-20-23-15(10)21-11/h3-7H,1-2H3,(H,22,24)(H,20,21,23)/b12-5-. The first-order valence-corrected chi connectivity index (χ1v) is 7.06. The third kappa shape index (κ3) is 2.98. The minimum Gasteiger partial charge on any atom is -0.318 e. The summed E-state index contributed by atoms with van der Waals surface area (Å²) in [7, 11) is 0. The first-order chi connectivity index (χ1) is 11.5. The molecule has 24 heavy (non-hydrogen) atoms. The maximum Gasteiger partial charge on any atom is 0.284 e. The number of aromatic nitrogens is 4. The Morgan fingerprint density at radius 2 is 2.08 bits per heavy atom. The summed E-state index contributed by atoms with van der Waals surface area (Å²) in [6, 6.07) is 3.26. The van der Waals surface area contributed by atoms with Crippen LogP contribution in [0.25, 0.3) is 17.1 Å². The van der Waals surface area contributed by atoms with Crippen LogP contribution >= 0.6 is 0 Å². The third-order valence-corrected chi connectivity index (χ3v) is 3.52. The molecule has 2 N–H and O–H groups in total. The molecule has 0 spiro atoms. The van der Waals surface area contributed by atoms with Gasteiger partial charge >= 0.3 is 0 Å². The number of anilines is 1. The zero-order valence-electron chi connectivity index (χ0n) is 12.9. The lowest BCUT2D eigenvalue weighted by Crippen LogP contribution is -2.15. The van der Waals surface area contributed by atoms with Crippen molar-refractivity contribution in [1.82, 2.24) is 20.2 Å². The molecule has 0 saturated heterocycles. The smallest absolute Gasteiger partial charge is 0.284 e. The molecule has 0 radical (unpaired) electrons. The summed E-state index contributed by atoms with van der Waals surface area (Å²) in [5.74, 6) is -2.63. The minimum atomic E-state index is -1.05. The van der Waals surface area contributed by atoms with Crippen molar-refractivity contribution >= 4 is 28.7 Å². The van der Waals surface area contributed by atoms with Gasteiger partial charge in [-0.1, -0.05) is 0 Å². The average Bonchev–Trinajstić information content (AvgIpc) is 3.02. The second-order valence-electron chi connectivity index (χ2n) is 5.18. The van der Waals surface area contributed by atoms with Crippen LogP contribution in [0.5, 0.6) is 0 Å². The Kier molecular flexibility index (Phi) is 4.03. The molecule has 0 aliphatic heterocycles. The number of hydrogen-bond donors (Lipinski definition) is 2. The van der Waals surface area contributed by atoms with E-state index in [9.17, 15) is 13.6 Å². The van der Waals surface area contributed by atoms with Crippen LogP contribution in [0.15, 0.2) is 30.4 Å². The zero-order chi connectivity index (χ0) is 17.3. The van der Waals surface area contributed by atoms with Crippen LogP contribution in [0.3, 0.4) is 0 Å². The molecular weight excluding hydrogens is 316 g/mol. The van der Waals surface area contributed by atoms with Crippen molar-refractivity contribution in [2.75, 3.05) is 5.32 Å². The van der Waals surface area contributed by atoms with Gasteiger partial charge in [-0.3, -0.25) is 14.9 Å². The van der Waals surface area contributed by atoms with Crippen molar-refractivity contribution in [3.63, 3.8) is 0 Å². The van der Waals surface area contributed by atoms with Crippen molar-refractivity contribution < 1.29 is 13.6 Å². The van der Waals surface area contributed by atoms with E-state index >= 15 is 0 Å². The predicted molar refractivity (Wildman–Crippen MR) is 85.3 cm³/mol. The summed E-state index contributed by atoms with van der Waals surface area (Å²) in [5.41, 5.74) is 1.48. The lowest BCUT2D eigenvalue weighted by atomic mass is 10.2. The molecule has 6 nitrogen and oxygen atoms in total. The third-order valence-electron chi connectivity index (χ3n) is 3.52. The Morgan fingerprint density at radius 3 is 2.88 bits per heavy atom. The molecule has 0 bridgehead atoms. The van der Waals surface area contributed by atoms with Gasteiger partial charge < -0.3 is 5.32 Å². The van der Waals surface area contributed by atoms with Gasteiger partial charge in [0.05, 0.1) is 29.5 Å². The molecule has 122 valence electrons. The maximum atomic E-state index is 14.1. The Balaban J connectivity index is 1.85. The molecule has 0 aliphatic carbocycles. The predicted octanol–water partition coefficient (Wildman–Crippen LogP) is 3.06. The van der Waals surface area contributed by atoms with Gasteiger partial charge in [0.1, 0.15) is 5.82 Å². The van der Waals surface area contributed by atoms with E-state index in [-0.39, 0.29) is 16.9 Å². The van der Waals surface area contributed by atoms with E-state index in [0.29, 0.717) is 11.3 Å². The maximum absolute atomic E-state index is 14.1. The normalized spacial score (nSPS) is 11.8. The number of halogens is 2. The van der Waals surface area contributed by atoms with Crippen molar-refractivity contribution in [2.24, 2.45) is 0 Å². The van der Waals surface area contributed by atoms with E-state index in [1.54, 1.807) is 25.3 Å². The molecule has 0 saturated carbocycles. The lowest BCUT2D eigenvalue weighted by molar-refractivity contribution is -0.114. The van der Waals surface area contributed by atoms with Crippen LogP contribution in [-0.4, -0.2) is 26.1 Å². The molecule has 0 atom stereocenters. The number of H-pyrrole nitrogens is 1. The number of carbonyl (C=O) groups is 1. The van der Waals surface area contributed by atoms with Gasteiger partial charge in [-0.25, -0.2) is 13.8 Å². The van der Waals surface area contributed by atoms with E-state index < -0.39 is 17.6 Å². The van der Waals surface area contributed by atoms with E-state index in [4.69, 9.17) is 0 Å². The van der Waals surface area contributed by atoms with E-state index in [2.05, 4.69) is 25.5 Å². The number of hydrogen-bond acceptors (Lipinski definition) is 4. The summed E-state index contributed by atoms with van der Waals surface area (Å²) in [5, 5.41) is 9.59. The number of nitrogens with zero attached hydrogens (tertiary/aromatic N) is 3. The van der Waals surface area contributed by atoms with Crippen LogP contribution in [-0.2, 0) is 4.79 Å². The van der Waals surface area contributed by atoms with Gasteiger partial charge in [0.25, 0.3) is 5.91 Å². The van der Waals surface area contributed by atoms with Crippen LogP contribution in [0.2, 0.25) is 0 Å². The van der Waals surface area contributed by atoms with E-state index in [0.717, 1.165) is 17.7 Å². The van der Waals surface area contributed by atoms with E-state index in [1.165, 1.54) is 6.92 Å². The van der Waals surface area contributed by atoms with Gasteiger partial charge in [-0.05, 0) is 26.0 Å². The number of fused-ring (bicyclic) bond motifs is 1. The fourth-order valence-electron chi connectivity index (χ4n) is 2.18. The Bertz CT molecular complexity index is 964. The summed E-state index contributed by atoms with van der Waals surface area (Å²) in [6.45, 7) is 3.08. The van der Waals surface area contributed by atoms with Crippen molar-refractivity contribution in [2.45, 2.75) is 13.8 Å². The first kappa shape index (κ1) is 15.7. The average molecular weight is 329 g/mol. The lowest BCUT2D eigenvalue weighted by Gasteiger charge is -2.10. The Hall–Kier alpha value is -3.16. The monoisotopic (exact) mass is 329 g/mol. The van der Waals surface area contributed by atoms with Crippen molar-refractivity contribution in [1.29, 1.82) is 0 Å². The molecule has 8 heteroatoms. The van der Waals surface area contributed by atoms with Crippen LogP contribution < -0.4 is 5.32 Å². The first-order valence-electron chi connectivity index (χ1n) is 7.06. The second kappa shape index (κ2) is 6.15. The molecule has 0 unspecified atom stereocenters. The number of aromatic amines is 1. The number of amides is 1. The second-order valence-corrected chi connectivity index (χ2v) is 5.18. The minimum absolute atomic E-state index is 0.153. The van der Waals surface area contributed by atoms with Crippen LogP contribution in [0.4, 0.5) is 14.5 Å². The highest BCUT2D eigenvalue weighted by Crippen LogP contribution is 2.21. The quantitative estimate of drug-likeness (QED) is 0.723. The highest BCUT2D eigenvalue weighted by Gasteiger charge is 2.15. The fraction of sp³-hybridized carbons (Fsp3) is 0.125. The summed E-state index contributed by atoms with van der Waals surface area (Å²) in [6.07, 6.45) is 3.63. The number of pyridine rings is 2. The van der Waals surface area contributed by atoms with Gasteiger partial charge in [0, 0.05) is 17.0 Å². The van der Waals surface area contributed by atoms with Crippen LogP contribution in [0.1, 0.15) is 17.0 Å². The van der Waals surface area contributed by atoms with Crippen molar-refractivity contribution in [3.05, 3.63) is 53.1 Å². The molecule has 3 heterocycles. The van der Waals surface area contributed by atoms with Gasteiger partial charge in [0.2, 0.25) is 0 Å². The Morgan fingerprint density at radius 1 is 1.29 bits per heavy atom. The van der Waals surface area contributed by atoms with Crippen LogP contribution in [0, 0.1) is 19.7 Å². The molecule has 3 aromatic heterocycles. The molecule has 1 amide bonds. The summed E-state index contributed by atoms with van der Waals surface area (Å²) >= 11 is 0. The number of rotatable bonds is 3. The van der Waals surface area contributed by atoms with Gasteiger partial charge in [-0.2, -0.15) is 5.10 Å². The van der Waals surface area contributed by atoms with Gasteiger partial charge in [-0.15, -0.1) is 0 Å². The highest BCUT2D eigenvalue weighted by atomic mass is 19.1. The molecule has 0 aromatic carbocycles. The topological polar surface area (TPSA) is 83.6 Å². The number of nitrogens with one attached hydrogen (secondary N) is 2. The number of carbonyl (C=O) groups excluding carboxylic acids is 1. The van der Waals surface area contributed by atoms with Crippen molar-refractivity contribution in [3.8, 4) is 0 Å². The van der Waals surface area contributed by atoms with Gasteiger partial charge in [0.15, 0.2) is 11.5 Å². The molecule has 3 rings (SSSR count). The largest absolute Gasteiger partial charge is 0.318 e. The Labute approximate surface area is 135 Å². The number of aryl methyl sites for hydroxylation is 1. The molecule has 0 aliphatic rings. The highest BCUT2D eigenvalue weighted by molar-refractivity contribution is 6.05. The summed E-state index contributed by atoms with van der Waals surface area (Å²) < 4.78 is 27.7. The fourth-order valence-corrected chi connectivity index (χ4v) is 2.18.